The zero-order chi connectivity index (χ0) is 21.0. The van der Waals surface area contributed by atoms with Crippen LogP contribution in [-0.4, -0.2) is 71.9 Å². The topological polar surface area (TPSA) is 70.2 Å². The summed E-state index contributed by atoms with van der Waals surface area (Å²) < 4.78 is 5.26. The number of nitrogens with zero attached hydrogens (tertiary/aromatic N) is 3. The van der Waals surface area contributed by atoms with E-state index in [9.17, 15) is 14.4 Å². The normalized spacial score (nSPS) is 19.8. The van der Waals surface area contributed by atoms with Crippen LogP contribution in [0.5, 0.6) is 0 Å². The first kappa shape index (κ1) is 21.1. The lowest BCUT2D eigenvalue weighted by Gasteiger charge is -2.35. The fraction of sp³-hybridized carbons (Fsp3) is 0.591. The van der Waals surface area contributed by atoms with Crippen LogP contribution in [0.15, 0.2) is 24.3 Å². The second-order valence-electron chi connectivity index (χ2n) is 8.44. The van der Waals surface area contributed by atoms with E-state index in [0.717, 1.165) is 5.56 Å². The first-order chi connectivity index (χ1) is 13.8. The molecule has 0 aliphatic carbocycles. The van der Waals surface area contributed by atoms with E-state index in [0.29, 0.717) is 51.8 Å². The molecule has 158 valence electrons. The average molecular weight is 402 g/mol. The van der Waals surface area contributed by atoms with Gasteiger partial charge in [-0.2, -0.15) is 0 Å². The minimum absolute atomic E-state index is 0.0138. The fourth-order valence-corrected chi connectivity index (χ4v) is 3.70. The Morgan fingerprint density at radius 1 is 1.07 bits per heavy atom. The SMILES string of the molecule is Cc1ccc(CN2CC(C(=O)N3CCN(C(=O)OCC(C)C)CC3)CC2=O)cc1. The molecule has 2 fully saturated rings. The Morgan fingerprint density at radius 2 is 1.69 bits per heavy atom. The third-order valence-electron chi connectivity index (χ3n) is 5.45. The van der Waals surface area contributed by atoms with Crippen molar-refractivity contribution in [2.45, 2.75) is 33.7 Å². The van der Waals surface area contributed by atoms with E-state index in [1.165, 1.54) is 5.56 Å². The molecule has 0 bridgehead atoms. The van der Waals surface area contributed by atoms with Gasteiger partial charge in [0, 0.05) is 45.7 Å². The van der Waals surface area contributed by atoms with E-state index < -0.39 is 0 Å². The van der Waals surface area contributed by atoms with E-state index in [1.54, 1.807) is 14.7 Å². The Bertz CT molecular complexity index is 739. The number of piperazine rings is 1. The van der Waals surface area contributed by atoms with Crippen molar-refractivity contribution in [2.24, 2.45) is 11.8 Å². The molecular formula is C22H31N3O4. The molecule has 3 amide bonds. The first-order valence-electron chi connectivity index (χ1n) is 10.4. The number of aryl methyl sites for hydroxylation is 1. The monoisotopic (exact) mass is 401 g/mol. The molecule has 0 radical (unpaired) electrons. The second-order valence-corrected chi connectivity index (χ2v) is 8.44. The van der Waals surface area contributed by atoms with Crippen molar-refractivity contribution in [3.05, 3.63) is 35.4 Å². The maximum Gasteiger partial charge on any atom is 0.409 e. The van der Waals surface area contributed by atoms with Gasteiger partial charge in [0.25, 0.3) is 0 Å². The number of benzene rings is 1. The van der Waals surface area contributed by atoms with E-state index in [1.807, 2.05) is 45.0 Å². The summed E-state index contributed by atoms with van der Waals surface area (Å²) in [6, 6.07) is 8.11. The summed E-state index contributed by atoms with van der Waals surface area (Å²) >= 11 is 0. The van der Waals surface area contributed by atoms with Crippen LogP contribution in [0.1, 0.15) is 31.4 Å². The minimum Gasteiger partial charge on any atom is -0.449 e. The van der Waals surface area contributed by atoms with Crippen molar-refractivity contribution in [1.29, 1.82) is 0 Å². The molecule has 2 aliphatic rings. The molecule has 0 saturated carbocycles. The van der Waals surface area contributed by atoms with Crippen LogP contribution >= 0.6 is 0 Å². The van der Waals surface area contributed by atoms with Gasteiger partial charge in [0.05, 0.1) is 12.5 Å². The number of ether oxygens (including phenoxy) is 1. The predicted octanol–water partition coefficient (Wildman–Crippen LogP) is 2.28. The second kappa shape index (κ2) is 9.29. The van der Waals surface area contributed by atoms with E-state index in [-0.39, 0.29) is 30.2 Å². The van der Waals surface area contributed by atoms with Gasteiger partial charge in [0.1, 0.15) is 0 Å². The van der Waals surface area contributed by atoms with Gasteiger partial charge in [-0.3, -0.25) is 9.59 Å². The van der Waals surface area contributed by atoms with Crippen molar-refractivity contribution in [1.82, 2.24) is 14.7 Å². The molecule has 2 heterocycles. The number of amides is 3. The summed E-state index contributed by atoms with van der Waals surface area (Å²) in [5.74, 6) is 0.0387. The zero-order valence-corrected chi connectivity index (χ0v) is 17.6. The highest BCUT2D eigenvalue weighted by Crippen LogP contribution is 2.23. The number of hydrogen-bond donors (Lipinski definition) is 0. The van der Waals surface area contributed by atoms with Gasteiger partial charge >= 0.3 is 6.09 Å². The Kier molecular flexibility index (Phi) is 6.77. The van der Waals surface area contributed by atoms with Crippen LogP contribution in [-0.2, 0) is 20.9 Å². The van der Waals surface area contributed by atoms with Crippen molar-refractivity contribution < 1.29 is 19.1 Å². The summed E-state index contributed by atoms with van der Waals surface area (Å²) in [6.07, 6.45) is -0.0486. The third-order valence-corrected chi connectivity index (χ3v) is 5.45. The lowest BCUT2D eigenvalue weighted by atomic mass is 10.1. The van der Waals surface area contributed by atoms with Crippen LogP contribution in [0.2, 0.25) is 0 Å². The van der Waals surface area contributed by atoms with Gasteiger partial charge in [-0.1, -0.05) is 43.7 Å². The molecule has 1 unspecified atom stereocenters. The summed E-state index contributed by atoms with van der Waals surface area (Å²) in [5.41, 5.74) is 2.26. The lowest BCUT2D eigenvalue weighted by Crippen LogP contribution is -2.52. The van der Waals surface area contributed by atoms with Gasteiger partial charge < -0.3 is 19.4 Å². The Morgan fingerprint density at radius 3 is 2.31 bits per heavy atom. The van der Waals surface area contributed by atoms with Crippen LogP contribution in [0.3, 0.4) is 0 Å². The van der Waals surface area contributed by atoms with Gasteiger partial charge in [-0.15, -0.1) is 0 Å². The van der Waals surface area contributed by atoms with Crippen LogP contribution in [0, 0.1) is 18.8 Å². The fourth-order valence-electron chi connectivity index (χ4n) is 3.70. The quantitative estimate of drug-likeness (QED) is 0.759. The molecule has 1 aromatic carbocycles. The molecule has 0 spiro atoms. The Balaban J connectivity index is 1.48. The average Bonchev–Trinajstić information content (AvgIpc) is 3.07. The highest BCUT2D eigenvalue weighted by Gasteiger charge is 2.37. The Hall–Kier alpha value is -2.57. The van der Waals surface area contributed by atoms with Crippen LogP contribution < -0.4 is 0 Å². The molecule has 7 heteroatoms. The number of rotatable bonds is 5. The summed E-state index contributed by atoms with van der Waals surface area (Å²) in [4.78, 5) is 42.6. The minimum atomic E-state index is -0.314. The number of carbonyl (C=O) groups excluding carboxylic acids is 3. The van der Waals surface area contributed by atoms with Crippen molar-refractivity contribution in [3.8, 4) is 0 Å². The maximum atomic E-state index is 12.9. The van der Waals surface area contributed by atoms with Gasteiger partial charge in [0.15, 0.2) is 0 Å². The molecule has 1 atom stereocenters. The molecule has 3 rings (SSSR count). The van der Waals surface area contributed by atoms with E-state index >= 15 is 0 Å². The molecule has 7 nitrogen and oxygen atoms in total. The number of hydrogen-bond acceptors (Lipinski definition) is 4. The number of carbonyl (C=O) groups is 3. The molecule has 2 aliphatic heterocycles. The van der Waals surface area contributed by atoms with Crippen LogP contribution in [0.25, 0.3) is 0 Å². The zero-order valence-electron chi connectivity index (χ0n) is 17.6. The van der Waals surface area contributed by atoms with Gasteiger partial charge in [-0.05, 0) is 18.4 Å². The maximum absolute atomic E-state index is 12.9. The van der Waals surface area contributed by atoms with Gasteiger partial charge in [-0.25, -0.2) is 4.79 Å². The smallest absolute Gasteiger partial charge is 0.409 e. The Labute approximate surface area is 172 Å². The third kappa shape index (κ3) is 5.49. The standard InChI is InChI=1S/C22H31N3O4/c1-16(2)15-29-22(28)24-10-8-23(9-11-24)21(27)19-12-20(26)25(14-19)13-18-6-4-17(3)5-7-18/h4-7,16,19H,8-15H2,1-3H3. The molecular weight excluding hydrogens is 370 g/mol. The summed E-state index contributed by atoms with van der Waals surface area (Å²) in [6.45, 7) is 9.33. The highest BCUT2D eigenvalue weighted by atomic mass is 16.6. The summed E-state index contributed by atoms with van der Waals surface area (Å²) in [7, 11) is 0. The summed E-state index contributed by atoms with van der Waals surface area (Å²) in [5, 5.41) is 0. The highest BCUT2D eigenvalue weighted by molar-refractivity contribution is 5.89. The molecule has 0 aromatic heterocycles. The van der Waals surface area contributed by atoms with Gasteiger partial charge in [0.2, 0.25) is 11.8 Å². The van der Waals surface area contributed by atoms with Crippen LogP contribution in [0.4, 0.5) is 4.79 Å². The first-order valence-corrected chi connectivity index (χ1v) is 10.4. The molecule has 29 heavy (non-hydrogen) atoms. The van der Waals surface area contributed by atoms with E-state index in [4.69, 9.17) is 4.74 Å². The van der Waals surface area contributed by atoms with Crippen molar-refractivity contribution in [2.75, 3.05) is 39.3 Å². The molecule has 2 saturated heterocycles. The lowest BCUT2D eigenvalue weighted by molar-refractivity contribution is -0.137. The molecule has 0 N–H and O–H groups in total. The molecule has 1 aromatic rings. The van der Waals surface area contributed by atoms with Crippen molar-refractivity contribution in [3.63, 3.8) is 0 Å². The van der Waals surface area contributed by atoms with Crippen molar-refractivity contribution >= 4 is 17.9 Å². The van der Waals surface area contributed by atoms with E-state index in [2.05, 4.69) is 0 Å². The number of likely N-dealkylation sites (tertiary alicyclic amines) is 1. The largest absolute Gasteiger partial charge is 0.449 e. The predicted molar refractivity (Wildman–Crippen MR) is 109 cm³/mol.